The van der Waals surface area contributed by atoms with Crippen LogP contribution in [0.2, 0.25) is 0 Å². The molecule has 116 valence electrons. The van der Waals surface area contributed by atoms with Crippen LogP contribution in [0.4, 0.5) is 10.5 Å². The maximum Gasteiger partial charge on any atom is 0.320 e. The second kappa shape index (κ2) is 7.34. The Morgan fingerprint density at radius 3 is 2.71 bits per heavy atom. The van der Waals surface area contributed by atoms with Gasteiger partial charge in [-0.05, 0) is 42.9 Å². The van der Waals surface area contributed by atoms with Crippen molar-refractivity contribution in [1.82, 2.24) is 9.80 Å². The minimum Gasteiger partial charge on any atom is -0.399 e. The lowest BCUT2D eigenvalue weighted by Gasteiger charge is -2.35. The molecule has 0 aliphatic carbocycles. The molecule has 2 N–H and O–H groups in total. The van der Waals surface area contributed by atoms with E-state index >= 15 is 0 Å². The molecule has 1 saturated heterocycles. The third-order valence-corrected chi connectivity index (χ3v) is 4.14. The summed E-state index contributed by atoms with van der Waals surface area (Å²) >= 11 is 0. The zero-order valence-corrected chi connectivity index (χ0v) is 13.2. The number of carbonyl (C=O) groups excluding carboxylic acids is 1. The van der Waals surface area contributed by atoms with E-state index in [1.807, 2.05) is 34.1 Å². The number of hydrogen-bond acceptors (Lipinski definition) is 2. The largest absolute Gasteiger partial charge is 0.399 e. The molecule has 0 aromatic heterocycles. The fourth-order valence-electron chi connectivity index (χ4n) is 2.82. The van der Waals surface area contributed by atoms with Gasteiger partial charge in [0.15, 0.2) is 0 Å². The van der Waals surface area contributed by atoms with E-state index in [1.54, 1.807) is 0 Å². The predicted octanol–water partition coefficient (Wildman–Crippen LogP) is 3.33. The standard InChI is InChI=1S/C17H27N3O/c1-3-9-20(13-15-5-4-6-16(18)12-15)17(21)19-10-7-14(2)8-11-19/h4-6,12,14H,3,7-11,13,18H2,1-2H3. The highest BCUT2D eigenvalue weighted by atomic mass is 16.2. The molecule has 21 heavy (non-hydrogen) atoms. The van der Waals surface area contributed by atoms with Gasteiger partial charge in [0.25, 0.3) is 0 Å². The van der Waals surface area contributed by atoms with Gasteiger partial charge in [-0.15, -0.1) is 0 Å². The molecule has 2 rings (SSSR count). The van der Waals surface area contributed by atoms with E-state index in [-0.39, 0.29) is 6.03 Å². The molecule has 1 aliphatic heterocycles. The lowest BCUT2D eigenvalue weighted by atomic mass is 9.99. The maximum atomic E-state index is 12.7. The van der Waals surface area contributed by atoms with Crippen LogP contribution in [0.25, 0.3) is 0 Å². The molecule has 1 aliphatic rings. The lowest BCUT2D eigenvalue weighted by molar-refractivity contribution is 0.132. The Kier molecular flexibility index (Phi) is 5.48. The minimum absolute atomic E-state index is 0.172. The lowest BCUT2D eigenvalue weighted by Crippen LogP contribution is -2.46. The summed E-state index contributed by atoms with van der Waals surface area (Å²) in [7, 11) is 0. The van der Waals surface area contributed by atoms with Crippen molar-refractivity contribution in [1.29, 1.82) is 0 Å². The summed E-state index contributed by atoms with van der Waals surface area (Å²) in [6.07, 6.45) is 3.20. The quantitative estimate of drug-likeness (QED) is 0.864. The highest BCUT2D eigenvalue weighted by molar-refractivity contribution is 5.74. The number of amides is 2. The van der Waals surface area contributed by atoms with Gasteiger partial charge in [-0.25, -0.2) is 4.79 Å². The van der Waals surface area contributed by atoms with Crippen molar-refractivity contribution in [2.75, 3.05) is 25.4 Å². The smallest absolute Gasteiger partial charge is 0.320 e. The summed E-state index contributed by atoms with van der Waals surface area (Å²) in [6, 6.07) is 7.98. The number of nitrogens with two attached hydrogens (primary N) is 1. The van der Waals surface area contributed by atoms with Gasteiger partial charge in [0.05, 0.1) is 0 Å². The summed E-state index contributed by atoms with van der Waals surface area (Å²) in [5.74, 6) is 0.739. The molecule has 4 nitrogen and oxygen atoms in total. The van der Waals surface area contributed by atoms with Crippen LogP contribution in [0.3, 0.4) is 0 Å². The number of benzene rings is 1. The fraction of sp³-hybridized carbons (Fsp3) is 0.588. The Bertz CT molecular complexity index is 467. The highest BCUT2D eigenvalue weighted by Gasteiger charge is 2.24. The van der Waals surface area contributed by atoms with E-state index in [0.29, 0.717) is 6.54 Å². The van der Waals surface area contributed by atoms with Crippen molar-refractivity contribution in [3.8, 4) is 0 Å². The molecule has 0 spiro atoms. The Balaban J connectivity index is 2.02. The van der Waals surface area contributed by atoms with Crippen LogP contribution in [-0.2, 0) is 6.54 Å². The summed E-state index contributed by atoms with van der Waals surface area (Å²) < 4.78 is 0. The average Bonchev–Trinajstić information content (AvgIpc) is 2.47. The molecule has 1 heterocycles. The number of nitrogen functional groups attached to an aromatic ring is 1. The zero-order chi connectivity index (χ0) is 15.2. The third kappa shape index (κ3) is 4.38. The third-order valence-electron chi connectivity index (χ3n) is 4.14. The topological polar surface area (TPSA) is 49.6 Å². The molecule has 2 amide bonds. The first-order valence-corrected chi connectivity index (χ1v) is 7.98. The van der Waals surface area contributed by atoms with E-state index in [4.69, 9.17) is 5.73 Å². The molecular weight excluding hydrogens is 262 g/mol. The molecule has 0 saturated carbocycles. The number of anilines is 1. The van der Waals surface area contributed by atoms with Crippen molar-refractivity contribution in [2.24, 2.45) is 5.92 Å². The second-order valence-electron chi connectivity index (χ2n) is 6.12. The van der Waals surface area contributed by atoms with Crippen LogP contribution in [0.15, 0.2) is 24.3 Å². The van der Waals surface area contributed by atoms with Crippen LogP contribution in [0.5, 0.6) is 0 Å². The Labute approximate surface area is 127 Å². The number of carbonyl (C=O) groups is 1. The van der Waals surface area contributed by atoms with Gasteiger partial charge in [-0.2, -0.15) is 0 Å². The van der Waals surface area contributed by atoms with E-state index < -0.39 is 0 Å². The van der Waals surface area contributed by atoms with Crippen molar-refractivity contribution < 1.29 is 4.79 Å². The molecule has 0 unspecified atom stereocenters. The van der Waals surface area contributed by atoms with Gasteiger partial charge in [-0.1, -0.05) is 26.0 Å². The normalized spacial score (nSPS) is 16.0. The fourth-order valence-corrected chi connectivity index (χ4v) is 2.82. The maximum absolute atomic E-state index is 12.7. The van der Waals surface area contributed by atoms with E-state index in [2.05, 4.69) is 13.8 Å². The summed E-state index contributed by atoms with van der Waals surface area (Å²) in [6.45, 7) is 7.58. The molecule has 0 radical (unpaired) electrons. The molecule has 0 atom stereocenters. The summed E-state index contributed by atoms with van der Waals surface area (Å²) in [5.41, 5.74) is 7.68. The first kappa shape index (κ1) is 15.7. The summed E-state index contributed by atoms with van der Waals surface area (Å²) in [4.78, 5) is 16.7. The first-order valence-electron chi connectivity index (χ1n) is 7.98. The van der Waals surface area contributed by atoms with E-state index in [9.17, 15) is 4.79 Å². The number of urea groups is 1. The van der Waals surface area contributed by atoms with Gasteiger partial charge in [0.1, 0.15) is 0 Å². The monoisotopic (exact) mass is 289 g/mol. The summed E-state index contributed by atoms with van der Waals surface area (Å²) in [5, 5.41) is 0. The van der Waals surface area contributed by atoms with Gasteiger partial charge < -0.3 is 15.5 Å². The molecule has 0 bridgehead atoms. The minimum atomic E-state index is 0.172. The first-order chi connectivity index (χ1) is 10.1. The zero-order valence-electron chi connectivity index (χ0n) is 13.2. The van der Waals surface area contributed by atoms with Gasteiger partial charge in [0, 0.05) is 31.9 Å². The molecule has 4 heteroatoms. The van der Waals surface area contributed by atoms with Crippen LogP contribution >= 0.6 is 0 Å². The Morgan fingerprint density at radius 1 is 1.38 bits per heavy atom. The number of hydrogen-bond donors (Lipinski definition) is 1. The average molecular weight is 289 g/mol. The predicted molar refractivity (Wildman–Crippen MR) is 86.9 cm³/mol. The van der Waals surface area contributed by atoms with Crippen LogP contribution in [0, 0.1) is 5.92 Å². The number of piperidine rings is 1. The number of nitrogens with zero attached hydrogens (tertiary/aromatic N) is 2. The molecule has 1 aromatic rings. The van der Waals surface area contributed by atoms with Crippen molar-refractivity contribution in [3.63, 3.8) is 0 Å². The number of rotatable bonds is 4. The molecule has 1 aromatic carbocycles. The van der Waals surface area contributed by atoms with Crippen molar-refractivity contribution >= 4 is 11.7 Å². The second-order valence-corrected chi connectivity index (χ2v) is 6.12. The molecule has 1 fully saturated rings. The van der Waals surface area contributed by atoms with E-state index in [1.165, 1.54) is 0 Å². The SMILES string of the molecule is CCCN(Cc1cccc(N)c1)C(=O)N1CCC(C)CC1. The highest BCUT2D eigenvalue weighted by Crippen LogP contribution is 2.18. The van der Waals surface area contributed by atoms with Crippen molar-refractivity contribution in [3.05, 3.63) is 29.8 Å². The van der Waals surface area contributed by atoms with E-state index in [0.717, 1.165) is 56.1 Å². The van der Waals surface area contributed by atoms with Crippen molar-refractivity contribution in [2.45, 2.75) is 39.7 Å². The Hall–Kier alpha value is -1.71. The number of likely N-dealkylation sites (tertiary alicyclic amines) is 1. The van der Waals surface area contributed by atoms with Gasteiger partial charge in [0.2, 0.25) is 0 Å². The van der Waals surface area contributed by atoms with Crippen LogP contribution in [0.1, 0.15) is 38.7 Å². The Morgan fingerprint density at radius 2 is 2.10 bits per heavy atom. The van der Waals surface area contributed by atoms with Gasteiger partial charge in [-0.3, -0.25) is 0 Å². The van der Waals surface area contributed by atoms with Crippen LogP contribution in [-0.4, -0.2) is 35.5 Å². The van der Waals surface area contributed by atoms with Gasteiger partial charge >= 0.3 is 6.03 Å². The molecular formula is C17H27N3O. The van der Waals surface area contributed by atoms with Crippen LogP contribution < -0.4 is 5.73 Å².